The fourth-order valence-corrected chi connectivity index (χ4v) is 6.19. The number of thioether (sulfide) groups is 1. The van der Waals surface area contributed by atoms with E-state index in [-0.39, 0.29) is 34.9 Å². The first-order valence-electron chi connectivity index (χ1n) is 9.73. The van der Waals surface area contributed by atoms with Gasteiger partial charge in [-0.1, -0.05) is 13.0 Å². The van der Waals surface area contributed by atoms with Crippen LogP contribution in [0.15, 0.2) is 28.8 Å². The first kappa shape index (κ1) is 20.2. The summed E-state index contributed by atoms with van der Waals surface area (Å²) < 4.78 is 27.3. The Morgan fingerprint density at radius 1 is 1.38 bits per heavy atom. The molecule has 3 aliphatic rings. The van der Waals surface area contributed by atoms with E-state index in [1.54, 1.807) is 0 Å². The van der Waals surface area contributed by atoms with Crippen molar-refractivity contribution in [1.29, 1.82) is 0 Å². The van der Waals surface area contributed by atoms with Gasteiger partial charge in [0, 0.05) is 47.2 Å². The number of halogens is 2. The average molecular weight is 421 g/mol. The molecule has 3 aliphatic heterocycles. The molecule has 4 rings (SSSR count). The minimum absolute atomic E-state index is 0.00518. The van der Waals surface area contributed by atoms with Crippen LogP contribution in [0.25, 0.3) is 0 Å². The van der Waals surface area contributed by atoms with Gasteiger partial charge in [-0.15, -0.1) is 11.8 Å². The Balaban J connectivity index is 1.50. The summed E-state index contributed by atoms with van der Waals surface area (Å²) in [6, 6.07) is 3.70. The molecule has 0 aromatic heterocycles. The van der Waals surface area contributed by atoms with Crippen LogP contribution in [-0.2, 0) is 16.1 Å². The van der Waals surface area contributed by atoms with E-state index in [1.807, 2.05) is 6.92 Å². The second-order valence-electron chi connectivity index (χ2n) is 7.93. The highest BCUT2D eigenvalue weighted by Crippen LogP contribution is 2.49. The molecule has 2 fully saturated rings. The van der Waals surface area contributed by atoms with E-state index in [9.17, 15) is 23.5 Å². The van der Waals surface area contributed by atoms with Crippen LogP contribution in [0, 0.1) is 24.5 Å². The summed E-state index contributed by atoms with van der Waals surface area (Å²) in [6.07, 6.45) is 1.84. The monoisotopic (exact) mass is 421 g/mol. The largest absolute Gasteiger partial charge is 0.477 e. The Kier molecular flexibility index (Phi) is 5.33. The van der Waals surface area contributed by atoms with Gasteiger partial charge >= 0.3 is 5.97 Å². The number of likely N-dealkylation sites (tertiary alicyclic amines) is 1. The van der Waals surface area contributed by atoms with Crippen LogP contribution in [0.3, 0.4) is 0 Å². The lowest BCUT2D eigenvalue weighted by atomic mass is 9.94. The molecule has 2 saturated heterocycles. The highest BCUT2D eigenvalue weighted by atomic mass is 32.2. The Labute approximate surface area is 172 Å². The zero-order chi connectivity index (χ0) is 20.9. The number of amides is 1. The van der Waals surface area contributed by atoms with E-state index in [0.29, 0.717) is 31.5 Å². The summed E-state index contributed by atoms with van der Waals surface area (Å²) in [5.74, 6) is -2.35. The third-order valence-corrected chi connectivity index (χ3v) is 7.65. The zero-order valence-corrected chi connectivity index (χ0v) is 16.9. The molecule has 0 aliphatic carbocycles. The molecule has 1 amide bonds. The first-order valence-corrected chi connectivity index (χ1v) is 10.6. The number of β-lactam (4-membered cyclic amide) rings is 1. The molecule has 1 aromatic carbocycles. The predicted molar refractivity (Wildman–Crippen MR) is 106 cm³/mol. The number of benzene rings is 1. The number of nitrogens with zero attached hydrogens (tertiary/aromatic N) is 2. The van der Waals surface area contributed by atoms with Crippen molar-refractivity contribution in [3.05, 3.63) is 52.9 Å². The van der Waals surface area contributed by atoms with Gasteiger partial charge < -0.3 is 10.0 Å². The van der Waals surface area contributed by atoms with Crippen LogP contribution in [-0.4, -0.2) is 50.7 Å². The van der Waals surface area contributed by atoms with Gasteiger partial charge in [0.25, 0.3) is 0 Å². The van der Waals surface area contributed by atoms with Gasteiger partial charge in [0.2, 0.25) is 5.91 Å². The summed E-state index contributed by atoms with van der Waals surface area (Å²) in [6.45, 7) is 6.99. The smallest absolute Gasteiger partial charge is 0.353 e. The lowest BCUT2D eigenvalue weighted by Gasteiger charge is -2.37. The Morgan fingerprint density at radius 2 is 2.14 bits per heavy atom. The Hall–Kier alpha value is -2.06. The van der Waals surface area contributed by atoms with Crippen LogP contribution >= 0.6 is 11.8 Å². The lowest BCUT2D eigenvalue weighted by Crippen LogP contribution is -2.51. The lowest BCUT2D eigenvalue weighted by molar-refractivity contribution is -0.148. The molecule has 1 aromatic rings. The minimum Gasteiger partial charge on any atom is -0.477 e. The van der Waals surface area contributed by atoms with E-state index in [0.717, 1.165) is 17.4 Å². The summed E-state index contributed by atoms with van der Waals surface area (Å²) in [4.78, 5) is 28.0. The average Bonchev–Trinajstić information content (AvgIpc) is 3.14. The van der Waals surface area contributed by atoms with Gasteiger partial charge in [0.15, 0.2) is 0 Å². The summed E-state index contributed by atoms with van der Waals surface area (Å²) in [7, 11) is 0. The Morgan fingerprint density at radius 3 is 2.76 bits per heavy atom. The third kappa shape index (κ3) is 3.53. The molecule has 4 unspecified atom stereocenters. The number of aliphatic carboxylic acids is 1. The number of carboxylic acid groups (broad SMARTS) is 1. The molecule has 5 nitrogen and oxygen atoms in total. The number of carbonyl (C=O) groups is 2. The van der Waals surface area contributed by atoms with Gasteiger partial charge in [0.1, 0.15) is 23.8 Å². The number of carboxylic acids is 1. The van der Waals surface area contributed by atoms with Crippen molar-refractivity contribution in [2.75, 3.05) is 6.54 Å². The van der Waals surface area contributed by atoms with Gasteiger partial charge in [-0.2, -0.15) is 0 Å². The summed E-state index contributed by atoms with van der Waals surface area (Å²) in [5.41, 5.74) is 0.558. The molecule has 1 N–H and O–H groups in total. The summed E-state index contributed by atoms with van der Waals surface area (Å²) >= 11 is 1.53. The molecule has 154 valence electrons. The van der Waals surface area contributed by atoms with E-state index >= 15 is 0 Å². The molecule has 4 atom stereocenters. The van der Waals surface area contributed by atoms with Crippen LogP contribution < -0.4 is 0 Å². The molecule has 0 bridgehead atoms. The second kappa shape index (κ2) is 7.65. The van der Waals surface area contributed by atoms with Crippen molar-refractivity contribution in [2.45, 2.75) is 50.1 Å². The normalized spacial score (nSPS) is 29.3. The van der Waals surface area contributed by atoms with Crippen molar-refractivity contribution in [1.82, 2.24) is 9.80 Å². The highest BCUT2D eigenvalue weighted by Gasteiger charge is 2.52. The van der Waals surface area contributed by atoms with Gasteiger partial charge in [-0.05, 0) is 12.5 Å². The van der Waals surface area contributed by atoms with Crippen LogP contribution in [0.1, 0.15) is 31.7 Å². The van der Waals surface area contributed by atoms with E-state index in [2.05, 4.69) is 11.8 Å². The molecule has 29 heavy (non-hydrogen) atoms. The SMILES string of the molecule is [CH2+]CC1CC(SC2=C(C(=O)O)N3C(=O)CC3C2C)CN1Cc1ccc(F)cc1F. The molecule has 0 radical (unpaired) electrons. The topological polar surface area (TPSA) is 60.9 Å². The molecular formula is C21H23F2N2O3S+. The van der Waals surface area contributed by atoms with E-state index in [1.165, 1.54) is 28.8 Å². The maximum absolute atomic E-state index is 14.1. The zero-order valence-electron chi connectivity index (χ0n) is 16.1. The molecule has 3 heterocycles. The van der Waals surface area contributed by atoms with Crippen molar-refractivity contribution in [3.8, 4) is 0 Å². The van der Waals surface area contributed by atoms with Crippen LogP contribution in [0.2, 0.25) is 0 Å². The van der Waals surface area contributed by atoms with Crippen molar-refractivity contribution >= 4 is 23.6 Å². The maximum atomic E-state index is 14.1. The molecule has 0 saturated carbocycles. The Bertz CT molecular complexity index is 891. The van der Waals surface area contributed by atoms with Crippen molar-refractivity contribution < 1.29 is 23.5 Å². The summed E-state index contributed by atoms with van der Waals surface area (Å²) in [5, 5.41) is 9.79. The van der Waals surface area contributed by atoms with Crippen LogP contribution in [0.4, 0.5) is 8.78 Å². The van der Waals surface area contributed by atoms with Crippen molar-refractivity contribution in [3.63, 3.8) is 0 Å². The van der Waals surface area contributed by atoms with E-state index < -0.39 is 17.6 Å². The quantitative estimate of drug-likeness (QED) is 0.564. The molecular weight excluding hydrogens is 398 g/mol. The fraction of sp³-hybridized carbons (Fsp3) is 0.476. The number of fused-ring (bicyclic) bond motifs is 1. The fourth-order valence-electron chi connectivity index (χ4n) is 4.58. The van der Waals surface area contributed by atoms with Crippen molar-refractivity contribution in [2.24, 2.45) is 5.92 Å². The maximum Gasteiger partial charge on any atom is 0.353 e. The number of carbonyl (C=O) groups excluding carboxylic acids is 1. The van der Waals surface area contributed by atoms with Gasteiger partial charge in [0.05, 0.1) is 19.0 Å². The number of hydrogen-bond acceptors (Lipinski definition) is 4. The minimum atomic E-state index is -1.06. The number of hydrogen-bond donors (Lipinski definition) is 1. The second-order valence-corrected chi connectivity index (χ2v) is 9.27. The molecule has 8 heteroatoms. The molecule has 0 spiro atoms. The number of rotatable bonds is 6. The van der Waals surface area contributed by atoms with Crippen LogP contribution in [0.5, 0.6) is 0 Å². The standard InChI is InChI=1S/C21H22F2N2O3S/c1-3-14-7-15(10-24(14)9-12-4-5-13(22)6-16(12)23)29-20-11(2)17-8-18(26)25(17)19(20)21(27)28/h4-6,11,14-15,17H,1,3,7-10H2,2H3/p+1. The van der Waals surface area contributed by atoms with E-state index in [4.69, 9.17) is 0 Å². The third-order valence-electron chi connectivity index (χ3n) is 6.16. The predicted octanol–water partition coefficient (Wildman–Crippen LogP) is 3.41. The first-order chi connectivity index (χ1) is 13.8. The van der Waals surface area contributed by atoms with Gasteiger partial charge in [-0.25, -0.2) is 13.6 Å². The highest BCUT2D eigenvalue weighted by molar-refractivity contribution is 8.03. The van der Waals surface area contributed by atoms with Gasteiger partial charge in [-0.3, -0.25) is 9.69 Å².